The largest absolute Gasteiger partial charge is 0.459 e. The Hall–Kier alpha value is -1.72. The molecule has 2 unspecified atom stereocenters. The fourth-order valence-electron chi connectivity index (χ4n) is 5.83. The van der Waals surface area contributed by atoms with Crippen LogP contribution < -0.4 is 0 Å². The van der Waals surface area contributed by atoms with E-state index in [1.54, 1.807) is 11.3 Å². The van der Waals surface area contributed by atoms with Crippen LogP contribution in [0, 0.1) is 17.3 Å². The topological polar surface area (TPSA) is 59.4 Å². The standard InChI is InChI=1S/C21H23NO3S/c23-19(20-7-14-6-15(8-20)10-21(24,9-14)13-20)25-11-17-12-26-18(22-17)16-4-2-1-3-5-16/h1-5,12,14-15,24H,6-11,13H2. The van der Waals surface area contributed by atoms with E-state index in [2.05, 4.69) is 4.98 Å². The number of thiazole rings is 1. The molecule has 0 aliphatic heterocycles. The molecule has 4 nitrogen and oxygen atoms in total. The van der Waals surface area contributed by atoms with Crippen molar-refractivity contribution in [2.24, 2.45) is 17.3 Å². The van der Waals surface area contributed by atoms with E-state index in [1.165, 1.54) is 6.42 Å². The highest BCUT2D eigenvalue weighted by Crippen LogP contribution is 2.62. The van der Waals surface area contributed by atoms with Gasteiger partial charge in [0, 0.05) is 10.9 Å². The molecular weight excluding hydrogens is 346 g/mol. The van der Waals surface area contributed by atoms with Crippen molar-refractivity contribution in [2.45, 2.75) is 50.7 Å². The molecule has 6 rings (SSSR count). The third-order valence-corrected chi connectivity index (χ3v) is 7.33. The van der Waals surface area contributed by atoms with Crippen LogP contribution in [0.25, 0.3) is 10.6 Å². The number of hydrogen-bond acceptors (Lipinski definition) is 5. The highest BCUT2D eigenvalue weighted by molar-refractivity contribution is 7.13. The first-order valence-electron chi connectivity index (χ1n) is 9.43. The van der Waals surface area contributed by atoms with Crippen LogP contribution in [-0.2, 0) is 16.1 Å². The number of rotatable bonds is 4. The van der Waals surface area contributed by atoms with Crippen molar-refractivity contribution in [1.82, 2.24) is 4.98 Å². The summed E-state index contributed by atoms with van der Waals surface area (Å²) in [5.74, 6) is 0.842. The van der Waals surface area contributed by atoms with Crippen LogP contribution >= 0.6 is 11.3 Å². The van der Waals surface area contributed by atoms with Gasteiger partial charge in [-0.25, -0.2) is 4.98 Å². The summed E-state index contributed by atoms with van der Waals surface area (Å²) in [7, 11) is 0. The third-order valence-electron chi connectivity index (χ3n) is 6.39. The lowest BCUT2D eigenvalue weighted by atomic mass is 9.48. The molecule has 0 spiro atoms. The number of carbonyl (C=O) groups excluding carboxylic acids is 1. The lowest BCUT2D eigenvalue weighted by Gasteiger charge is -2.58. The molecular formula is C21H23NO3S. The first kappa shape index (κ1) is 16.5. The smallest absolute Gasteiger partial charge is 0.312 e. The highest BCUT2D eigenvalue weighted by atomic mass is 32.1. The minimum atomic E-state index is -0.635. The minimum absolute atomic E-state index is 0.126. The molecule has 136 valence electrons. The van der Waals surface area contributed by atoms with Crippen molar-refractivity contribution in [1.29, 1.82) is 0 Å². The first-order valence-corrected chi connectivity index (χ1v) is 10.3. The van der Waals surface area contributed by atoms with Crippen LogP contribution in [0.15, 0.2) is 35.7 Å². The predicted molar refractivity (Wildman–Crippen MR) is 99.4 cm³/mol. The molecule has 4 aliphatic rings. The molecule has 26 heavy (non-hydrogen) atoms. The Bertz CT molecular complexity index is 817. The fourth-order valence-corrected chi connectivity index (χ4v) is 6.64. The summed E-state index contributed by atoms with van der Waals surface area (Å²) in [5, 5.41) is 13.7. The number of hydrogen-bond donors (Lipinski definition) is 1. The van der Waals surface area contributed by atoms with Gasteiger partial charge in [0.25, 0.3) is 0 Å². The van der Waals surface area contributed by atoms with Crippen LogP contribution in [0.4, 0.5) is 0 Å². The van der Waals surface area contributed by atoms with Crippen LogP contribution in [-0.4, -0.2) is 21.7 Å². The van der Waals surface area contributed by atoms with E-state index in [0.29, 0.717) is 18.3 Å². The van der Waals surface area contributed by atoms with Crippen molar-refractivity contribution < 1.29 is 14.6 Å². The second-order valence-electron chi connectivity index (χ2n) is 8.55. The maximum atomic E-state index is 12.9. The average Bonchev–Trinajstić information content (AvgIpc) is 3.07. The Morgan fingerprint density at radius 1 is 1.19 bits per heavy atom. The summed E-state index contributed by atoms with van der Waals surface area (Å²) in [6, 6.07) is 10.0. The lowest BCUT2D eigenvalue weighted by molar-refractivity contribution is -0.197. The molecule has 4 bridgehead atoms. The Morgan fingerprint density at radius 2 is 1.92 bits per heavy atom. The molecule has 1 heterocycles. The molecule has 1 N–H and O–H groups in total. The zero-order valence-corrected chi connectivity index (χ0v) is 15.5. The van der Waals surface area contributed by atoms with Gasteiger partial charge in [-0.05, 0) is 50.4 Å². The molecule has 4 aliphatic carbocycles. The van der Waals surface area contributed by atoms with Crippen molar-refractivity contribution >= 4 is 17.3 Å². The Morgan fingerprint density at radius 3 is 2.62 bits per heavy atom. The summed E-state index contributed by atoms with van der Waals surface area (Å²) >= 11 is 1.57. The van der Waals surface area contributed by atoms with Gasteiger partial charge in [0.2, 0.25) is 0 Å². The number of aromatic nitrogens is 1. The summed E-state index contributed by atoms with van der Waals surface area (Å²) < 4.78 is 5.70. The third kappa shape index (κ3) is 2.78. The van der Waals surface area contributed by atoms with Gasteiger partial charge in [-0.2, -0.15) is 0 Å². The predicted octanol–water partition coefficient (Wildman–Crippen LogP) is 4.18. The van der Waals surface area contributed by atoms with Gasteiger partial charge in [0.1, 0.15) is 11.6 Å². The number of aliphatic hydroxyl groups is 1. The van der Waals surface area contributed by atoms with Gasteiger partial charge >= 0.3 is 5.97 Å². The molecule has 2 atom stereocenters. The molecule has 2 aromatic rings. The van der Waals surface area contributed by atoms with Crippen molar-refractivity contribution in [3.05, 3.63) is 41.4 Å². The van der Waals surface area contributed by atoms with Crippen LogP contribution in [0.1, 0.15) is 44.2 Å². The molecule has 4 fully saturated rings. The van der Waals surface area contributed by atoms with Crippen LogP contribution in [0.3, 0.4) is 0 Å². The Balaban J connectivity index is 1.28. The van der Waals surface area contributed by atoms with Crippen LogP contribution in [0.5, 0.6) is 0 Å². The van der Waals surface area contributed by atoms with Crippen molar-refractivity contribution in [3.8, 4) is 10.6 Å². The number of carbonyl (C=O) groups is 1. The molecule has 5 heteroatoms. The SMILES string of the molecule is O=C(OCc1csc(-c2ccccc2)n1)C12CC3CC(CC(O)(C3)C1)C2. The normalized spacial score (nSPS) is 34.8. The number of esters is 1. The lowest BCUT2D eigenvalue weighted by Crippen LogP contribution is -2.58. The molecule has 1 aromatic carbocycles. The Kier molecular flexibility index (Phi) is 3.73. The second-order valence-corrected chi connectivity index (χ2v) is 9.41. The summed E-state index contributed by atoms with van der Waals surface area (Å²) in [4.78, 5) is 17.5. The average molecular weight is 369 g/mol. The fraction of sp³-hybridized carbons (Fsp3) is 0.524. The second kappa shape index (κ2) is 5.89. The van der Waals surface area contributed by atoms with E-state index in [0.717, 1.165) is 41.9 Å². The van der Waals surface area contributed by atoms with Gasteiger partial charge in [-0.1, -0.05) is 30.3 Å². The Labute approximate surface area is 157 Å². The van der Waals surface area contributed by atoms with E-state index in [9.17, 15) is 9.90 Å². The molecule has 4 saturated carbocycles. The summed E-state index contributed by atoms with van der Waals surface area (Å²) in [6.07, 6.45) is 5.26. The van der Waals surface area contributed by atoms with E-state index in [-0.39, 0.29) is 12.6 Å². The molecule has 1 aromatic heterocycles. The van der Waals surface area contributed by atoms with Gasteiger partial charge in [0.15, 0.2) is 0 Å². The van der Waals surface area contributed by atoms with Crippen LogP contribution in [0.2, 0.25) is 0 Å². The maximum Gasteiger partial charge on any atom is 0.312 e. The quantitative estimate of drug-likeness (QED) is 0.821. The number of benzene rings is 1. The summed E-state index contributed by atoms with van der Waals surface area (Å²) in [5.41, 5.74) is 0.783. The van der Waals surface area contributed by atoms with Crippen molar-refractivity contribution in [3.63, 3.8) is 0 Å². The van der Waals surface area contributed by atoms with Crippen molar-refractivity contribution in [2.75, 3.05) is 0 Å². The highest BCUT2D eigenvalue weighted by Gasteiger charge is 2.60. The monoisotopic (exact) mass is 369 g/mol. The van der Waals surface area contributed by atoms with E-state index >= 15 is 0 Å². The number of ether oxygens (including phenoxy) is 1. The molecule has 0 amide bonds. The van der Waals surface area contributed by atoms with Gasteiger partial charge < -0.3 is 9.84 Å². The van der Waals surface area contributed by atoms with E-state index < -0.39 is 11.0 Å². The first-order chi connectivity index (χ1) is 12.5. The zero-order chi connectivity index (χ0) is 17.8. The van der Waals surface area contributed by atoms with Gasteiger partial charge in [0.05, 0.1) is 16.7 Å². The minimum Gasteiger partial charge on any atom is -0.459 e. The summed E-state index contributed by atoms with van der Waals surface area (Å²) in [6.45, 7) is 0.220. The van der Waals surface area contributed by atoms with E-state index in [4.69, 9.17) is 4.74 Å². The molecule has 0 radical (unpaired) electrons. The number of nitrogens with zero attached hydrogens (tertiary/aromatic N) is 1. The molecule has 0 saturated heterocycles. The van der Waals surface area contributed by atoms with Gasteiger partial charge in [-0.3, -0.25) is 4.79 Å². The maximum absolute atomic E-state index is 12.9. The zero-order valence-electron chi connectivity index (χ0n) is 14.7. The van der Waals surface area contributed by atoms with Gasteiger partial charge in [-0.15, -0.1) is 11.3 Å². The van der Waals surface area contributed by atoms with E-state index in [1.807, 2.05) is 35.7 Å².